The summed E-state index contributed by atoms with van der Waals surface area (Å²) in [5, 5.41) is 0. The average molecular weight is 257 g/mol. The molecule has 0 heterocycles. The second kappa shape index (κ2) is 4.68. The highest BCUT2D eigenvalue weighted by atomic mass is 16.1. The smallest absolute Gasteiger partial charge is 0.252 e. The maximum Gasteiger partial charge on any atom is 0.252 e. The van der Waals surface area contributed by atoms with Crippen molar-refractivity contribution < 1.29 is 4.79 Å². The van der Waals surface area contributed by atoms with Crippen LogP contribution in [-0.4, -0.2) is 11.9 Å². The van der Waals surface area contributed by atoms with Gasteiger partial charge in [-0.2, -0.15) is 4.99 Å². The topological polar surface area (TPSA) is 81.5 Å². The second-order valence-corrected chi connectivity index (χ2v) is 5.67. The number of carbonyl (C=O) groups excluding carboxylic acids is 1. The summed E-state index contributed by atoms with van der Waals surface area (Å²) >= 11 is 0. The summed E-state index contributed by atoms with van der Waals surface area (Å²) < 4.78 is 0. The number of carbonyl (C=O) groups is 1. The van der Waals surface area contributed by atoms with Crippen LogP contribution >= 0.6 is 0 Å². The van der Waals surface area contributed by atoms with Gasteiger partial charge in [-0.05, 0) is 42.6 Å². The van der Waals surface area contributed by atoms with E-state index in [0.29, 0.717) is 11.8 Å². The summed E-state index contributed by atoms with van der Waals surface area (Å²) in [5.41, 5.74) is 11.9. The van der Waals surface area contributed by atoms with Gasteiger partial charge in [-0.1, -0.05) is 30.3 Å². The number of nitrogens with zero attached hydrogens (tertiary/aromatic N) is 1. The summed E-state index contributed by atoms with van der Waals surface area (Å²) in [6.45, 7) is 0. The first-order chi connectivity index (χ1) is 9.16. The molecule has 2 saturated carbocycles. The summed E-state index contributed by atoms with van der Waals surface area (Å²) in [5.74, 6) is 1.04. The van der Waals surface area contributed by atoms with Crippen LogP contribution < -0.4 is 11.5 Å². The Bertz CT molecular complexity index is 507. The standard InChI is InChI=1S/C15H19N3O/c16-15(17)18-14(19)13-11-7-6-10(8-11)12(13)9-4-2-1-3-5-9/h1-5,10-13H,6-8H2,(H4,16,17,18,19)/t10?,11?,12-,13-/m1/s1. The highest BCUT2D eigenvalue weighted by molar-refractivity contribution is 5.93. The van der Waals surface area contributed by atoms with Crippen LogP contribution in [0.5, 0.6) is 0 Å². The maximum atomic E-state index is 12.3. The fraction of sp³-hybridized carbons (Fsp3) is 0.467. The van der Waals surface area contributed by atoms with Gasteiger partial charge in [-0.3, -0.25) is 4.79 Å². The van der Waals surface area contributed by atoms with Crippen LogP contribution in [0.1, 0.15) is 30.7 Å². The van der Waals surface area contributed by atoms with Gasteiger partial charge in [0.25, 0.3) is 5.91 Å². The molecule has 2 aliphatic carbocycles. The zero-order valence-electron chi connectivity index (χ0n) is 10.8. The van der Waals surface area contributed by atoms with E-state index >= 15 is 0 Å². The molecular formula is C15H19N3O. The van der Waals surface area contributed by atoms with Gasteiger partial charge >= 0.3 is 0 Å². The van der Waals surface area contributed by atoms with Crippen molar-refractivity contribution in [3.63, 3.8) is 0 Å². The lowest BCUT2D eigenvalue weighted by Gasteiger charge is -2.29. The molecule has 0 aromatic heterocycles. The molecule has 2 unspecified atom stereocenters. The lowest BCUT2D eigenvalue weighted by atomic mass is 9.75. The van der Waals surface area contributed by atoms with Crippen LogP contribution in [-0.2, 0) is 4.79 Å². The Kier molecular flexibility index (Phi) is 3.01. The molecule has 1 aromatic rings. The first-order valence-electron chi connectivity index (χ1n) is 6.85. The van der Waals surface area contributed by atoms with Crippen molar-refractivity contribution in [1.29, 1.82) is 0 Å². The number of amides is 1. The summed E-state index contributed by atoms with van der Waals surface area (Å²) in [6.07, 6.45) is 3.48. The number of benzene rings is 1. The van der Waals surface area contributed by atoms with Crippen LogP contribution in [0.3, 0.4) is 0 Å². The van der Waals surface area contributed by atoms with Gasteiger partial charge in [0, 0.05) is 0 Å². The molecule has 4 atom stereocenters. The van der Waals surface area contributed by atoms with E-state index in [1.54, 1.807) is 0 Å². The molecule has 1 aromatic carbocycles. The van der Waals surface area contributed by atoms with E-state index in [1.165, 1.54) is 12.0 Å². The lowest BCUT2D eigenvalue weighted by molar-refractivity contribution is -0.123. The van der Waals surface area contributed by atoms with E-state index in [-0.39, 0.29) is 23.7 Å². The Balaban J connectivity index is 1.93. The molecule has 4 N–H and O–H groups in total. The Labute approximate surface area is 112 Å². The third kappa shape index (κ3) is 2.11. The number of guanidine groups is 1. The maximum absolute atomic E-state index is 12.3. The van der Waals surface area contributed by atoms with Gasteiger partial charge < -0.3 is 11.5 Å². The van der Waals surface area contributed by atoms with Gasteiger partial charge in [-0.25, -0.2) is 0 Å². The molecule has 0 aliphatic heterocycles. The molecule has 0 radical (unpaired) electrons. The third-order valence-corrected chi connectivity index (χ3v) is 4.63. The fourth-order valence-corrected chi connectivity index (χ4v) is 4.00. The van der Waals surface area contributed by atoms with Gasteiger partial charge in [0.1, 0.15) is 0 Å². The van der Waals surface area contributed by atoms with E-state index in [2.05, 4.69) is 17.1 Å². The number of hydrogen-bond donors (Lipinski definition) is 2. The minimum Gasteiger partial charge on any atom is -0.370 e. The van der Waals surface area contributed by atoms with Gasteiger partial charge in [-0.15, -0.1) is 0 Å². The first-order valence-corrected chi connectivity index (χ1v) is 6.85. The normalized spacial score (nSPS) is 32.2. The van der Waals surface area contributed by atoms with Crippen LogP contribution in [0, 0.1) is 17.8 Å². The minimum absolute atomic E-state index is 0.0387. The number of hydrogen-bond acceptors (Lipinski definition) is 1. The molecule has 2 fully saturated rings. The minimum atomic E-state index is -0.138. The fourth-order valence-electron chi connectivity index (χ4n) is 4.00. The zero-order chi connectivity index (χ0) is 13.4. The Morgan fingerprint density at radius 3 is 2.47 bits per heavy atom. The monoisotopic (exact) mass is 257 g/mol. The van der Waals surface area contributed by atoms with Crippen molar-refractivity contribution in [2.24, 2.45) is 34.2 Å². The Hall–Kier alpha value is -1.84. The zero-order valence-corrected chi connectivity index (χ0v) is 10.8. The van der Waals surface area contributed by atoms with Crippen molar-refractivity contribution in [3.8, 4) is 0 Å². The molecule has 19 heavy (non-hydrogen) atoms. The van der Waals surface area contributed by atoms with Crippen LogP contribution in [0.25, 0.3) is 0 Å². The quantitative estimate of drug-likeness (QED) is 0.624. The highest BCUT2D eigenvalue weighted by Crippen LogP contribution is 2.56. The van der Waals surface area contributed by atoms with E-state index in [0.717, 1.165) is 12.8 Å². The molecule has 2 aliphatic rings. The lowest BCUT2D eigenvalue weighted by Crippen LogP contribution is -2.31. The molecular weight excluding hydrogens is 238 g/mol. The number of fused-ring (bicyclic) bond motifs is 2. The SMILES string of the molecule is NC(N)=NC(=O)[C@@H]1C2CCC(C2)[C@H]1c1ccccc1. The van der Waals surface area contributed by atoms with Crippen molar-refractivity contribution in [1.82, 2.24) is 0 Å². The number of nitrogens with two attached hydrogens (primary N) is 2. The second-order valence-electron chi connectivity index (χ2n) is 5.67. The largest absolute Gasteiger partial charge is 0.370 e. The molecule has 3 rings (SSSR count). The summed E-state index contributed by atoms with van der Waals surface area (Å²) in [4.78, 5) is 16.1. The third-order valence-electron chi connectivity index (χ3n) is 4.63. The van der Waals surface area contributed by atoms with Crippen molar-refractivity contribution in [2.75, 3.05) is 0 Å². The molecule has 0 spiro atoms. The highest BCUT2D eigenvalue weighted by Gasteiger charge is 2.51. The van der Waals surface area contributed by atoms with E-state index in [1.807, 2.05) is 18.2 Å². The number of aliphatic imine (C=N–C) groups is 1. The van der Waals surface area contributed by atoms with Crippen LogP contribution in [0.2, 0.25) is 0 Å². The molecule has 2 bridgehead atoms. The van der Waals surface area contributed by atoms with Gasteiger partial charge in [0.2, 0.25) is 0 Å². The molecule has 4 heteroatoms. The van der Waals surface area contributed by atoms with Crippen LogP contribution in [0.4, 0.5) is 0 Å². The van der Waals surface area contributed by atoms with Gasteiger partial charge in [0.15, 0.2) is 5.96 Å². The molecule has 100 valence electrons. The molecule has 4 nitrogen and oxygen atoms in total. The van der Waals surface area contributed by atoms with Crippen molar-refractivity contribution in [3.05, 3.63) is 35.9 Å². The summed E-state index contributed by atoms with van der Waals surface area (Å²) in [7, 11) is 0. The molecule has 0 saturated heterocycles. The predicted molar refractivity (Wildman–Crippen MR) is 74.3 cm³/mol. The Morgan fingerprint density at radius 1 is 1.11 bits per heavy atom. The van der Waals surface area contributed by atoms with Crippen LogP contribution in [0.15, 0.2) is 35.3 Å². The van der Waals surface area contributed by atoms with Gasteiger partial charge in [0.05, 0.1) is 5.92 Å². The van der Waals surface area contributed by atoms with Crippen molar-refractivity contribution in [2.45, 2.75) is 25.2 Å². The van der Waals surface area contributed by atoms with E-state index in [9.17, 15) is 4.79 Å². The summed E-state index contributed by atoms with van der Waals surface area (Å²) in [6, 6.07) is 10.3. The van der Waals surface area contributed by atoms with Crippen molar-refractivity contribution >= 4 is 11.9 Å². The number of rotatable bonds is 2. The predicted octanol–water partition coefficient (Wildman–Crippen LogP) is 1.62. The Morgan fingerprint density at radius 2 is 1.79 bits per heavy atom. The van der Waals surface area contributed by atoms with E-state index < -0.39 is 0 Å². The first kappa shape index (κ1) is 12.2. The molecule has 1 amide bonds. The average Bonchev–Trinajstić information content (AvgIpc) is 2.99. The van der Waals surface area contributed by atoms with E-state index in [4.69, 9.17) is 11.5 Å².